The molecule has 51 heavy (non-hydrogen) atoms. The number of para-hydroxylation sites is 3. The molecule has 11 rings (SSSR count). The first-order chi connectivity index (χ1) is 25.1. The van der Waals surface area contributed by atoms with E-state index in [0.717, 1.165) is 56.3 Å². The van der Waals surface area contributed by atoms with Crippen molar-refractivity contribution >= 4 is 54.4 Å². The molecule has 0 N–H and O–H groups in total. The van der Waals surface area contributed by atoms with Gasteiger partial charge in [0.2, 0.25) is 0 Å². The van der Waals surface area contributed by atoms with E-state index in [1.165, 1.54) is 43.4 Å². The number of hydrogen-bond acceptors (Lipinski definition) is 2. The third-order valence-electron chi connectivity index (χ3n) is 11.0. The molecule has 7 aromatic carbocycles. The highest BCUT2D eigenvalue weighted by Crippen LogP contribution is 2.49. The molecule has 0 spiro atoms. The second kappa shape index (κ2) is 10.3. The topological polar surface area (TPSA) is 35.6 Å². The highest BCUT2D eigenvalue weighted by molar-refractivity contribution is 6.14. The zero-order chi connectivity index (χ0) is 33.8. The van der Waals surface area contributed by atoms with Crippen LogP contribution in [0.25, 0.3) is 88.4 Å². The third-order valence-corrected chi connectivity index (χ3v) is 11.0. The average Bonchev–Trinajstić information content (AvgIpc) is 3.76. The van der Waals surface area contributed by atoms with Gasteiger partial charge in [0, 0.05) is 43.8 Å². The quantitative estimate of drug-likeness (QED) is 0.190. The van der Waals surface area contributed by atoms with Gasteiger partial charge in [-0.3, -0.25) is 4.57 Å². The van der Waals surface area contributed by atoms with Gasteiger partial charge in [-0.1, -0.05) is 129 Å². The SMILES string of the molecule is CC1(C)c2ccccc2-c2nc(-c3ccc4c5ccccc5n(-c5ccccc5)c4c3)c(-n3c4ccccc4c4cc5ccccc5cc43)nc21. The monoisotopic (exact) mass is 652 g/mol. The lowest BCUT2D eigenvalue weighted by Gasteiger charge is -2.22. The van der Waals surface area contributed by atoms with E-state index in [4.69, 9.17) is 9.97 Å². The van der Waals surface area contributed by atoms with E-state index < -0.39 is 0 Å². The van der Waals surface area contributed by atoms with Crippen LogP contribution in [0.5, 0.6) is 0 Å². The summed E-state index contributed by atoms with van der Waals surface area (Å²) in [6.45, 7) is 4.55. The second-order valence-corrected chi connectivity index (χ2v) is 14.3. The average molecular weight is 653 g/mol. The molecular weight excluding hydrogens is 621 g/mol. The van der Waals surface area contributed by atoms with E-state index in [1.807, 2.05) is 0 Å². The molecule has 0 aliphatic heterocycles. The van der Waals surface area contributed by atoms with Crippen LogP contribution in [0.1, 0.15) is 25.1 Å². The molecular formula is C47H32N4. The smallest absolute Gasteiger partial charge is 0.164 e. The van der Waals surface area contributed by atoms with Crippen LogP contribution in [-0.4, -0.2) is 19.1 Å². The minimum absolute atomic E-state index is 0.304. The first kappa shape index (κ1) is 28.3. The van der Waals surface area contributed by atoms with Gasteiger partial charge >= 0.3 is 0 Å². The normalized spacial score (nSPS) is 13.5. The van der Waals surface area contributed by atoms with Gasteiger partial charge in [0.15, 0.2) is 5.82 Å². The van der Waals surface area contributed by atoms with Gasteiger partial charge in [-0.05, 0) is 58.8 Å². The van der Waals surface area contributed by atoms with Crippen molar-refractivity contribution in [3.63, 3.8) is 0 Å². The Morgan fingerprint density at radius 1 is 0.451 bits per heavy atom. The maximum Gasteiger partial charge on any atom is 0.164 e. The molecule has 1 aliphatic carbocycles. The Hall–Kier alpha value is -6.52. The van der Waals surface area contributed by atoms with Crippen molar-refractivity contribution in [3.05, 3.63) is 169 Å². The molecule has 10 aromatic rings. The fourth-order valence-electron chi connectivity index (χ4n) is 8.62. The molecule has 0 amide bonds. The number of aromatic nitrogens is 4. The lowest BCUT2D eigenvalue weighted by Crippen LogP contribution is -2.18. The summed E-state index contributed by atoms with van der Waals surface area (Å²) in [6, 6.07) is 56.8. The fraction of sp³-hybridized carbons (Fsp3) is 0.0638. The van der Waals surface area contributed by atoms with Crippen LogP contribution >= 0.6 is 0 Å². The summed E-state index contributed by atoms with van der Waals surface area (Å²) in [7, 11) is 0. The summed E-state index contributed by atoms with van der Waals surface area (Å²) in [5, 5.41) is 7.28. The van der Waals surface area contributed by atoms with Crippen LogP contribution in [0.4, 0.5) is 0 Å². The van der Waals surface area contributed by atoms with Crippen molar-refractivity contribution in [2.24, 2.45) is 0 Å². The Balaban J connectivity index is 1.28. The molecule has 0 saturated carbocycles. The largest absolute Gasteiger partial charge is 0.309 e. The van der Waals surface area contributed by atoms with Gasteiger partial charge in [-0.2, -0.15) is 0 Å². The predicted octanol–water partition coefficient (Wildman–Crippen LogP) is 11.8. The van der Waals surface area contributed by atoms with Crippen molar-refractivity contribution in [3.8, 4) is 34.0 Å². The first-order valence-corrected chi connectivity index (χ1v) is 17.6. The maximum atomic E-state index is 5.72. The molecule has 3 aromatic heterocycles. The van der Waals surface area contributed by atoms with Gasteiger partial charge in [-0.25, -0.2) is 9.97 Å². The van der Waals surface area contributed by atoms with Crippen molar-refractivity contribution in [1.82, 2.24) is 19.1 Å². The van der Waals surface area contributed by atoms with E-state index in [2.05, 4.69) is 181 Å². The van der Waals surface area contributed by atoms with Crippen LogP contribution in [0, 0.1) is 0 Å². The molecule has 0 fully saturated rings. The predicted molar refractivity (Wildman–Crippen MR) is 211 cm³/mol. The highest BCUT2D eigenvalue weighted by Gasteiger charge is 2.39. The lowest BCUT2D eigenvalue weighted by atomic mass is 9.85. The number of nitrogens with zero attached hydrogens (tertiary/aromatic N) is 4. The van der Waals surface area contributed by atoms with Gasteiger partial charge in [0.05, 0.1) is 33.5 Å². The summed E-state index contributed by atoms with van der Waals surface area (Å²) >= 11 is 0. The number of rotatable bonds is 3. The zero-order valence-electron chi connectivity index (χ0n) is 28.3. The Morgan fingerprint density at radius 2 is 1.06 bits per heavy atom. The molecule has 4 heteroatoms. The van der Waals surface area contributed by atoms with Crippen molar-refractivity contribution < 1.29 is 0 Å². The Labute approximate surface area is 294 Å². The highest BCUT2D eigenvalue weighted by atomic mass is 15.1. The lowest BCUT2D eigenvalue weighted by molar-refractivity contribution is 0.633. The number of fused-ring (bicyclic) bond motifs is 10. The van der Waals surface area contributed by atoms with Crippen molar-refractivity contribution in [1.29, 1.82) is 0 Å². The van der Waals surface area contributed by atoms with Crippen LogP contribution in [-0.2, 0) is 5.41 Å². The first-order valence-electron chi connectivity index (χ1n) is 17.6. The van der Waals surface area contributed by atoms with Gasteiger partial charge in [-0.15, -0.1) is 0 Å². The van der Waals surface area contributed by atoms with Gasteiger partial charge in [0.25, 0.3) is 0 Å². The summed E-state index contributed by atoms with van der Waals surface area (Å²) in [4.78, 5) is 11.4. The molecule has 240 valence electrons. The van der Waals surface area contributed by atoms with Gasteiger partial charge < -0.3 is 4.57 Å². The van der Waals surface area contributed by atoms with Crippen molar-refractivity contribution in [2.75, 3.05) is 0 Å². The number of benzene rings is 7. The molecule has 0 bridgehead atoms. The van der Waals surface area contributed by atoms with E-state index in [1.54, 1.807) is 0 Å². The Morgan fingerprint density at radius 3 is 1.86 bits per heavy atom. The molecule has 0 unspecified atom stereocenters. The van der Waals surface area contributed by atoms with Crippen LogP contribution in [0.15, 0.2) is 158 Å². The molecule has 0 atom stereocenters. The van der Waals surface area contributed by atoms with E-state index in [0.29, 0.717) is 0 Å². The maximum absolute atomic E-state index is 5.72. The van der Waals surface area contributed by atoms with Gasteiger partial charge in [0.1, 0.15) is 5.69 Å². The van der Waals surface area contributed by atoms with Crippen LogP contribution in [0.2, 0.25) is 0 Å². The summed E-state index contributed by atoms with van der Waals surface area (Å²) in [5.74, 6) is 0.845. The second-order valence-electron chi connectivity index (χ2n) is 14.3. The van der Waals surface area contributed by atoms with E-state index in [-0.39, 0.29) is 5.41 Å². The van der Waals surface area contributed by atoms with E-state index >= 15 is 0 Å². The van der Waals surface area contributed by atoms with Crippen LogP contribution in [0.3, 0.4) is 0 Å². The summed E-state index contributed by atoms with van der Waals surface area (Å²) in [5.41, 5.74) is 11.7. The third kappa shape index (κ3) is 3.90. The Bertz CT molecular complexity index is 3050. The van der Waals surface area contributed by atoms with E-state index in [9.17, 15) is 0 Å². The molecule has 4 nitrogen and oxygen atoms in total. The molecule has 3 heterocycles. The minimum atomic E-state index is -0.304. The Kier molecular flexibility index (Phi) is 5.70. The fourth-order valence-corrected chi connectivity index (χ4v) is 8.62. The zero-order valence-corrected chi connectivity index (χ0v) is 28.3. The minimum Gasteiger partial charge on any atom is -0.309 e. The number of hydrogen-bond donors (Lipinski definition) is 0. The summed E-state index contributed by atoms with van der Waals surface area (Å²) < 4.78 is 4.73. The van der Waals surface area contributed by atoms with Crippen LogP contribution < -0.4 is 0 Å². The summed E-state index contributed by atoms with van der Waals surface area (Å²) in [6.07, 6.45) is 0. The molecule has 0 radical (unpaired) electrons. The van der Waals surface area contributed by atoms with Crippen molar-refractivity contribution in [2.45, 2.75) is 19.3 Å². The molecule has 0 saturated heterocycles. The molecule has 1 aliphatic rings. The standard InChI is InChI=1S/C47H32N4/c1-47(2)38-21-11-8-20-36(38)44-45(47)49-46(51-40-23-13-10-19-34(40)37-26-29-14-6-7-15-30(29)27-42(37)51)43(48-44)31-24-25-35-33-18-9-12-22-39(33)50(41(35)28-31)32-16-4-3-5-17-32/h3-28H,1-2H3.